The number of rotatable bonds is 6. The van der Waals surface area contributed by atoms with E-state index < -0.39 is 0 Å². The summed E-state index contributed by atoms with van der Waals surface area (Å²) in [4.78, 5) is 7.28. The molecular weight excluding hydrogens is 308 g/mol. The predicted octanol–water partition coefficient (Wildman–Crippen LogP) is 3.37. The van der Waals surface area contributed by atoms with Crippen molar-refractivity contribution < 1.29 is 9.47 Å². The lowest BCUT2D eigenvalue weighted by molar-refractivity contribution is 0.0410. The highest BCUT2D eigenvalue weighted by atomic mass is 32.2. The molecule has 0 unspecified atom stereocenters. The van der Waals surface area contributed by atoms with Crippen LogP contribution >= 0.6 is 11.8 Å². The first-order chi connectivity index (χ1) is 11.3. The molecule has 0 aliphatic carbocycles. The number of thioether (sulfide) groups is 1. The van der Waals surface area contributed by atoms with E-state index in [9.17, 15) is 0 Å². The Balaban J connectivity index is 1.65. The predicted molar refractivity (Wildman–Crippen MR) is 95.6 cm³/mol. The first-order valence-corrected chi connectivity index (χ1v) is 9.22. The number of aromatic nitrogens is 1. The van der Waals surface area contributed by atoms with Gasteiger partial charge in [-0.3, -0.25) is 4.90 Å². The summed E-state index contributed by atoms with van der Waals surface area (Å²) < 4.78 is 11.0. The monoisotopic (exact) mass is 332 g/mol. The van der Waals surface area contributed by atoms with Crippen molar-refractivity contribution in [1.29, 1.82) is 0 Å². The zero-order valence-corrected chi connectivity index (χ0v) is 14.7. The summed E-state index contributed by atoms with van der Waals surface area (Å²) in [5.74, 6) is 1.98. The van der Waals surface area contributed by atoms with Gasteiger partial charge >= 0.3 is 0 Å². The highest BCUT2D eigenvalue weighted by molar-refractivity contribution is 7.99. The van der Waals surface area contributed by atoms with E-state index >= 15 is 0 Å². The molecule has 0 amide bonds. The lowest BCUT2D eigenvalue weighted by Crippen LogP contribution is -2.37. The summed E-state index contributed by atoms with van der Waals surface area (Å²) in [6.45, 7) is 9.73. The molecule has 0 radical (unpaired) electrons. The smallest absolute Gasteiger partial charge is 0.120 e. The standard InChI is InChI=1S/C18H24N2O2S/c1-3-22-16-4-5-17-15(13-16)12-14(2)18(19-17)23-11-8-20-6-9-21-10-7-20/h4-5,12-13H,3,6-11H2,1-2H3. The first kappa shape index (κ1) is 16.6. The highest BCUT2D eigenvalue weighted by Crippen LogP contribution is 2.27. The molecule has 1 aromatic carbocycles. The maximum Gasteiger partial charge on any atom is 0.120 e. The molecule has 2 heterocycles. The summed E-state index contributed by atoms with van der Waals surface area (Å²) in [6.07, 6.45) is 0. The lowest BCUT2D eigenvalue weighted by Gasteiger charge is -2.26. The fourth-order valence-electron chi connectivity index (χ4n) is 2.74. The number of ether oxygens (including phenoxy) is 2. The highest BCUT2D eigenvalue weighted by Gasteiger charge is 2.11. The van der Waals surface area contributed by atoms with E-state index in [-0.39, 0.29) is 0 Å². The normalized spacial score (nSPS) is 15.9. The SMILES string of the molecule is CCOc1ccc2nc(SCCN3CCOCC3)c(C)cc2c1. The van der Waals surface area contributed by atoms with Gasteiger partial charge in [-0.15, -0.1) is 11.8 Å². The average Bonchev–Trinajstić information content (AvgIpc) is 2.57. The van der Waals surface area contributed by atoms with Gasteiger partial charge in [0.1, 0.15) is 5.75 Å². The Morgan fingerprint density at radius 3 is 2.87 bits per heavy atom. The van der Waals surface area contributed by atoms with E-state index in [0.29, 0.717) is 6.61 Å². The van der Waals surface area contributed by atoms with Gasteiger partial charge in [0, 0.05) is 30.8 Å². The van der Waals surface area contributed by atoms with Crippen molar-refractivity contribution in [2.24, 2.45) is 0 Å². The number of hydrogen-bond acceptors (Lipinski definition) is 5. The molecule has 0 saturated carbocycles. The van der Waals surface area contributed by atoms with Crippen molar-refractivity contribution in [1.82, 2.24) is 9.88 Å². The Kier molecular flexibility index (Phi) is 5.75. The second kappa shape index (κ2) is 7.99. The molecule has 4 nitrogen and oxygen atoms in total. The molecule has 3 rings (SSSR count). The minimum atomic E-state index is 0.688. The Bertz CT molecular complexity index is 657. The topological polar surface area (TPSA) is 34.6 Å². The summed E-state index contributed by atoms with van der Waals surface area (Å²) in [5, 5.41) is 2.28. The minimum Gasteiger partial charge on any atom is -0.494 e. The molecule has 1 fully saturated rings. The fraction of sp³-hybridized carbons (Fsp3) is 0.500. The Hall–Kier alpha value is -1.30. The molecule has 1 aromatic heterocycles. The largest absolute Gasteiger partial charge is 0.494 e. The van der Waals surface area contributed by atoms with Crippen LogP contribution in [-0.2, 0) is 4.74 Å². The van der Waals surface area contributed by atoms with E-state index in [4.69, 9.17) is 14.5 Å². The quantitative estimate of drug-likeness (QED) is 0.758. The van der Waals surface area contributed by atoms with Crippen molar-refractivity contribution in [3.8, 4) is 5.75 Å². The van der Waals surface area contributed by atoms with E-state index in [1.807, 2.05) is 30.8 Å². The number of nitrogens with zero attached hydrogens (tertiary/aromatic N) is 2. The van der Waals surface area contributed by atoms with Gasteiger partial charge in [0.25, 0.3) is 0 Å². The second-order valence-corrected chi connectivity index (χ2v) is 6.78. The van der Waals surface area contributed by atoms with Crippen LogP contribution < -0.4 is 4.74 Å². The number of hydrogen-bond donors (Lipinski definition) is 0. The molecule has 2 aromatic rings. The van der Waals surface area contributed by atoms with E-state index in [1.165, 1.54) is 5.56 Å². The molecule has 5 heteroatoms. The van der Waals surface area contributed by atoms with Gasteiger partial charge in [0.15, 0.2) is 0 Å². The molecule has 23 heavy (non-hydrogen) atoms. The van der Waals surface area contributed by atoms with Crippen molar-refractivity contribution in [2.75, 3.05) is 45.2 Å². The van der Waals surface area contributed by atoms with Gasteiger partial charge in [-0.1, -0.05) is 0 Å². The van der Waals surface area contributed by atoms with Crippen LogP contribution in [0.25, 0.3) is 10.9 Å². The minimum absolute atomic E-state index is 0.688. The summed E-state index contributed by atoms with van der Waals surface area (Å²) in [7, 11) is 0. The maximum atomic E-state index is 5.57. The summed E-state index contributed by atoms with van der Waals surface area (Å²) in [6, 6.07) is 8.32. The first-order valence-electron chi connectivity index (χ1n) is 8.23. The molecule has 0 spiro atoms. The van der Waals surface area contributed by atoms with Crippen LogP contribution in [-0.4, -0.2) is 55.1 Å². The van der Waals surface area contributed by atoms with Gasteiger partial charge < -0.3 is 9.47 Å². The van der Waals surface area contributed by atoms with Crippen LogP contribution in [0.5, 0.6) is 5.75 Å². The number of aryl methyl sites for hydroxylation is 1. The molecule has 124 valence electrons. The van der Waals surface area contributed by atoms with Crippen LogP contribution in [0.2, 0.25) is 0 Å². The Labute approximate surface area is 142 Å². The average molecular weight is 332 g/mol. The van der Waals surface area contributed by atoms with Gasteiger partial charge in [0.05, 0.1) is 30.4 Å². The summed E-state index contributed by atoms with van der Waals surface area (Å²) in [5.41, 5.74) is 2.27. The maximum absolute atomic E-state index is 5.57. The van der Waals surface area contributed by atoms with Crippen LogP contribution in [0, 0.1) is 6.92 Å². The molecule has 0 bridgehead atoms. The van der Waals surface area contributed by atoms with E-state index in [2.05, 4.69) is 24.0 Å². The zero-order valence-electron chi connectivity index (χ0n) is 13.9. The van der Waals surface area contributed by atoms with Gasteiger partial charge in [-0.25, -0.2) is 4.98 Å². The van der Waals surface area contributed by atoms with Crippen molar-refractivity contribution >= 4 is 22.7 Å². The van der Waals surface area contributed by atoms with Gasteiger partial charge in [0.2, 0.25) is 0 Å². The lowest BCUT2D eigenvalue weighted by atomic mass is 10.1. The molecular formula is C18H24N2O2S. The van der Waals surface area contributed by atoms with Gasteiger partial charge in [-0.05, 0) is 43.7 Å². The van der Waals surface area contributed by atoms with Crippen LogP contribution in [0.15, 0.2) is 29.3 Å². The number of fused-ring (bicyclic) bond motifs is 1. The third-order valence-electron chi connectivity index (χ3n) is 3.99. The molecule has 0 N–H and O–H groups in total. The molecule has 1 aliphatic heterocycles. The number of benzene rings is 1. The number of morpholine rings is 1. The zero-order chi connectivity index (χ0) is 16.1. The third-order valence-corrected chi connectivity index (χ3v) is 5.06. The second-order valence-electron chi connectivity index (χ2n) is 5.70. The Morgan fingerprint density at radius 1 is 1.26 bits per heavy atom. The molecule has 0 atom stereocenters. The fourth-order valence-corrected chi connectivity index (χ4v) is 3.73. The summed E-state index contributed by atoms with van der Waals surface area (Å²) >= 11 is 1.85. The van der Waals surface area contributed by atoms with Crippen LogP contribution in [0.1, 0.15) is 12.5 Å². The van der Waals surface area contributed by atoms with Crippen molar-refractivity contribution in [2.45, 2.75) is 18.9 Å². The van der Waals surface area contributed by atoms with Gasteiger partial charge in [-0.2, -0.15) is 0 Å². The molecule has 1 saturated heterocycles. The third kappa shape index (κ3) is 4.37. The number of pyridine rings is 1. The van der Waals surface area contributed by atoms with E-state index in [0.717, 1.165) is 60.3 Å². The van der Waals surface area contributed by atoms with Crippen molar-refractivity contribution in [3.63, 3.8) is 0 Å². The Morgan fingerprint density at radius 2 is 2.09 bits per heavy atom. The van der Waals surface area contributed by atoms with Crippen molar-refractivity contribution in [3.05, 3.63) is 29.8 Å². The molecule has 1 aliphatic rings. The van der Waals surface area contributed by atoms with E-state index in [1.54, 1.807) is 0 Å². The van der Waals surface area contributed by atoms with Crippen LogP contribution in [0.4, 0.5) is 0 Å². The van der Waals surface area contributed by atoms with Crippen LogP contribution in [0.3, 0.4) is 0 Å².